The molecule has 0 unspecified atom stereocenters. The van der Waals surface area contributed by atoms with Gasteiger partial charge in [-0.3, -0.25) is 0 Å². The topological polar surface area (TPSA) is 56.8 Å². The number of allylic oxidation sites excluding steroid dienone is 1. The first-order valence-electron chi connectivity index (χ1n) is 5.00. The summed E-state index contributed by atoms with van der Waals surface area (Å²) in [7, 11) is 1.62. The molecule has 0 aromatic heterocycles. The highest BCUT2D eigenvalue weighted by molar-refractivity contribution is 5.76. The second kappa shape index (κ2) is 6.58. The van der Waals surface area contributed by atoms with Gasteiger partial charge < -0.3 is 9.57 Å². The van der Waals surface area contributed by atoms with E-state index in [-0.39, 0.29) is 5.41 Å². The van der Waals surface area contributed by atoms with Crippen LogP contribution >= 0.6 is 0 Å². The molecule has 0 fully saturated rings. The molecule has 0 heterocycles. The van der Waals surface area contributed by atoms with Crippen molar-refractivity contribution in [2.24, 2.45) is 16.3 Å². The summed E-state index contributed by atoms with van der Waals surface area (Å²) in [5.74, 6) is 5.56. The number of nitrogens with zero attached hydrogens (tertiary/aromatic N) is 1. The third-order valence-corrected chi connectivity index (χ3v) is 1.67. The Balaban J connectivity index is 4.23. The Kier molecular flexibility index (Phi) is 6.20. The van der Waals surface area contributed by atoms with E-state index in [0.29, 0.717) is 18.9 Å². The molecule has 0 aromatic carbocycles. The fourth-order valence-corrected chi connectivity index (χ4v) is 1.16. The fraction of sp³-hybridized carbons (Fsp3) is 0.727. The first kappa shape index (κ1) is 14.1. The van der Waals surface area contributed by atoms with Gasteiger partial charge in [0.15, 0.2) is 0 Å². The summed E-state index contributed by atoms with van der Waals surface area (Å²) in [5, 5.41) is 0. The van der Waals surface area contributed by atoms with Crippen LogP contribution in [-0.4, -0.2) is 19.6 Å². The molecular weight excluding hydrogens is 192 g/mol. The van der Waals surface area contributed by atoms with Crippen LogP contribution in [0.2, 0.25) is 0 Å². The zero-order valence-electron chi connectivity index (χ0n) is 10.2. The molecule has 0 aliphatic carbocycles. The molecule has 0 amide bonds. The minimum absolute atomic E-state index is 0.168. The number of hydrogen-bond donors (Lipinski definition) is 1. The largest absolute Gasteiger partial charge is 0.396 e. The lowest BCUT2D eigenvalue weighted by Gasteiger charge is -2.17. The zero-order chi connectivity index (χ0) is 11.9. The van der Waals surface area contributed by atoms with Crippen molar-refractivity contribution in [1.82, 2.24) is 0 Å². The van der Waals surface area contributed by atoms with Crippen LogP contribution in [0.4, 0.5) is 0 Å². The molecule has 15 heavy (non-hydrogen) atoms. The van der Waals surface area contributed by atoms with Crippen LogP contribution in [0.1, 0.15) is 33.6 Å². The quantitative estimate of drug-likeness (QED) is 0.434. The lowest BCUT2D eigenvalue weighted by Crippen LogP contribution is -2.14. The van der Waals surface area contributed by atoms with E-state index in [0.717, 1.165) is 12.1 Å². The van der Waals surface area contributed by atoms with Crippen LogP contribution in [0.5, 0.6) is 0 Å². The van der Waals surface area contributed by atoms with Gasteiger partial charge in [0, 0.05) is 19.2 Å². The summed E-state index contributed by atoms with van der Waals surface area (Å²) in [6.45, 7) is 10.8. The molecule has 0 rings (SSSR count). The third-order valence-electron chi connectivity index (χ3n) is 1.67. The van der Waals surface area contributed by atoms with Crippen molar-refractivity contribution in [3.63, 3.8) is 0 Å². The van der Waals surface area contributed by atoms with Crippen LogP contribution in [0.3, 0.4) is 0 Å². The Morgan fingerprint density at radius 1 is 1.40 bits per heavy atom. The first-order chi connectivity index (χ1) is 6.89. The van der Waals surface area contributed by atoms with Crippen LogP contribution in [0.15, 0.2) is 17.3 Å². The van der Waals surface area contributed by atoms with E-state index >= 15 is 0 Å². The van der Waals surface area contributed by atoms with Gasteiger partial charge in [0.05, 0.1) is 6.61 Å². The fourth-order valence-electron chi connectivity index (χ4n) is 1.16. The monoisotopic (exact) mass is 214 g/mol. The molecule has 4 heteroatoms. The van der Waals surface area contributed by atoms with Crippen molar-refractivity contribution in [2.45, 2.75) is 33.6 Å². The molecule has 0 saturated carbocycles. The third kappa shape index (κ3) is 8.15. The molecule has 4 nitrogen and oxygen atoms in total. The van der Waals surface area contributed by atoms with Gasteiger partial charge in [-0.2, -0.15) is 5.90 Å². The van der Waals surface area contributed by atoms with Gasteiger partial charge in [-0.25, -0.2) is 4.99 Å². The summed E-state index contributed by atoms with van der Waals surface area (Å²) < 4.78 is 4.91. The molecule has 2 N–H and O–H groups in total. The Morgan fingerprint density at radius 2 is 2.00 bits per heavy atom. The number of methoxy groups -OCH3 is 1. The molecule has 0 aliphatic rings. The summed E-state index contributed by atoms with van der Waals surface area (Å²) in [6.07, 6.45) is 1.38. The van der Waals surface area contributed by atoms with Gasteiger partial charge in [0.2, 0.25) is 5.90 Å². The van der Waals surface area contributed by atoms with E-state index in [1.807, 2.05) is 0 Å². The standard InChI is InChI=1S/C11H22N2O2/c1-9(8-11(2,3)4)13-10(15-12)6-7-14-5/h1,6-8,12H2,2-5H3. The Hall–Kier alpha value is -0.870. The first-order valence-corrected chi connectivity index (χ1v) is 5.00. The summed E-state index contributed by atoms with van der Waals surface area (Å²) in [6, 6.07) is 0. The molecule has 0 aromatic rings. The number of aliphatic imine (C=N–C) groups is 1. The highest BCUT2D eigenvalue weighted by Crippen LogP contribution is 2.23. The molecule has 0 aliphatic heterocycles. The Labute approximate surface area is 92.1 Å². The van der Waals surface area contributed by atoms with Crippen molar-refractivity contribution >= 4 is 5.90 Å². The maximum Gasteiger partial charge on any atom is 0.215 e. The van der Waals surface area contributed by atoms with Crippen molar-refractivity contribution in [3.05, 3.63) is 12.3 Å². The second-order valence-corrected chi connectivity index (χ2v) is 4.67. The van der Waals surface area contributed by atoms with Gasteiger partial charge >= 0.3 is 0 Å². The van der Waals surface area contributed by atoms with Gasteiger partial charge in [0.25, 0.3) is 0 Å². The molecule has 0 atom stereocenters. The van der Waals surface area contributed by atoms with Crippen LogP contribution in [-0.2, 0) is 9.57 Å². The highest BCUT2D eigenvalue weighted by Gasteiger charge is 2.12. The lowest BCUT2D eigenvalue weighted by molar-refractivity contribution is 0.197. The van der Waals surface area contributed by atoms with E-state index in [1.165, 1.54) is 0 Å². The summed E-state index contributed by atoms with van der Waals surface area (Å²) in [5.41, 5.74) is 0.945. The normalized spacial score (nSPS) is 12.7. The van der Waals surface area contributed by atoms with Crippen LogP contribution in [0, 0.1) is 5.41 Å². The van der Waals surface area contributed by atoms with Crippen molar-refractivity contribution < 1.29 is 9.57 Å². The Bertz CT molecular complexity index is 229. The van der Waals surface area contributed by atoms with Crippen molar-refractivity contribution in [2.75, 3.05) is 13.7 Å². The van der Waals surface area contributed by atoms with Gasteiger partial charge in [-0.15, -0.1) is 0 Å². The summed E-state index contributed by atoms with van der Waals surface area (Å²) in [4.78, 5) is 8.86. The van der Waals surface area contributed by atoms with Crippen molar-refractivity contribution in [3.8, 4) is 0 Å². The Morgan fingerprint density at radius 3 is 2.40 bits per heavy atom. The second-order valence-electron chi connectivity index (χ2n) is 4.67. The lowest BCUT2D eigenvalue weighted by atomic mass is 9.91. The minimum atomic E-state index is 0.168. The average Bonchev–Trinajstić information content (AvgIpc) is 2.09. The number of ether oxygens (including phenoxy) is 1. The average molecular weight is 214 g/mol. The predicted octanol–water partition coefficient (Wildman–Crippen LogP) is 2.26. The van der Waals surface area contributed by atoms with E-state index in [9.17, 15) is 0 Å². The number of hydrogen-bond acceptors (Lipinski definition) is 4. The maximum atomic E-state index is 5.10. The van der Waals surface area contributed by atoms with Crippen LogP contribution < -0.4 is 5.90 Å². The molecule has 88 valence electrons. The molecular formula is C11H22N2O2. The smallest absolute Gasteiger partial charge is 0.215 e. The molecule has 0 spiro atoms. The zero-order valence-corrected chi connectivity index (χ0v) is 10.2. The number of nitrogens with two attached hydrogens (primary N) is 1. The highest BCUT2D eigenvalue weighted by atomic mass is 16.6. The minimum Gasteiger partial charge on any atom is -0.396 e. The van der Waals surface area contributed by atoms with Crippen LogP contribution in [0.25, 0.3) is 0 Å². The maximum absolute atomic E-state index is 5.10. The number of rotatable bonds is 5. The van der Waals surface area contributed by atoms with E-state index in [4.69, 9.17) is 10.6 Å². The van der Waals surface area contributed by atoms with E-state index in [2.05, 4.69) is 37.2 Å². The SMILES string of the molecule is C=C(CC(C)(C)C)N=C(CCOC)ON. The van der Waals surface area contributed by atoms with Gasteiger partial charge in [0.1, 0.15) is 0 Å². The van der Waals surface area contributed by atoms with Gasteiger partial charge in [-0.1, -0.05) is 27.4 Å². The molecule has 0 bridgehead atoms. The van der Waals surface area contributed by atoms with Crippen molar-refractivity contribution in [1.29, 1.82) is 0 Å². The van der Waals surface area contributed by atoms with E-state index < -0.39 is 0 Å². The van der Waals surface area contributed by atoms with Gasteiger partial charge in [-0.05, 0) is 11.8 Å². The van der Waals surface area contributed by atoms with E-state index in [1.54, 1.807) is 7.11 Å². The molecule has 0 saturated heterocycles. The molecule has 0 radical (unpaired) electrons. The predicted molar refractivity (Wildman–Crippen MR) is 62.4 cm³/mol. The summed E-state index contributed by atoms with van der Waals surface area (Å²) >= 11 is 0.